The first-order valence-electron chi connectivity index (χ1n) is 10.2. The molecule has 1 aromatic heterocycles. The molecule has 2 N–H and O–H groups in total. The molecule has 0 aliphatic heterocycles. The largest absolute Gasteiger partial charge is 0.396 e. The first kappa shape index (κ1) is 20.0. The predicted octanol–water partition coefficient (Wildman–Crippen LogP) is 2.56. The number of carbonyl (C=O) groups excluding carboxylic acids is 1. The summed E-state index contributed by atoms with van der Waals surface area (Å²) in [6.45, 7) is 1.50. The van der Waals surface area contributed by atoms with Gasteiger partial charge in [0.1, 0.15) is 12.4 Å². The van der Waals surface area contributed by atoms with Crippen LogP contribution in [0.2, 0.25) is 0 Å². The van der Waals surface area contributed by atoms with Gasteiger partial charge < -0.3 is 10.4 Å². The molecule has 0 fully saturated rings. The van der Waals surface area contributed by atoms with E-state index in [4.69, 9.17) is 0 Å². The van der Waals surface area contributed by atoms with E-state index < -0.39 is 0 Å². The van der Waals surface area contributed by atoms with Crippen molar-refractivity contribution in [3.63, 3.8) is 0 Å². The molecular weight excluding hydrogens is 378 g/mol. The molecule has 1 amide bonds. The van der Waals surface area contributed by atoms with Gasteiger partial charge in [-0.25, -0.2) is 4.98 Å². The number of aryl methyl sites for hydroxylation is 2. The Bertz CT molecular complexity index is 1120. The second-order valence-electron chi connectivity index (χ2n) is 7.59. The number of fused-ring (bicyclic) bond motifs is 1. The zero-order valence-corrected chi connectivity index (χ0v) is 17.0. The maximum Gasteiger partial charge on any atom is 0.257 e. The molecule has 0 saturated heterocycles. The number of amides is 1. The Labute approximate surface area is 175 Å². The van der Waals surface area contributed by atoms with Crippen LogP contribution >= 0.6 is 0 Å². The highest BCUT2D eigenvalue weighted by Crippen LogP contribution is 2.30. The fourth-order valence-corrected chi connectivity index (χ4v) is 4.15. The number of aliphatic hydroxyl groups is 1. The number of nitrogens with zero attached hydrogens (tertiary/aromatic N) is 2. The van der Waals surface area contributed by atoms with Gasteiger partial charge in [0.05, 0.1) is 6.04 Å². The molecule has 6 heteroatoms. The number of nitrogens with one attached hydrogen (secondary N) is 1. The molecule has 1 aliphatic carbocycles. The van der Waals surface area contributed by atoms with Gasteiger partial charge in [-0.05, 0) is 30.9 Å². The lowest BCUT2D eigenvalue weighted by molar-refractivity contribution is -0.122. The fraction of sp³-hybridized carbons (Fsp3) is 0.292. The second-order valence-corrected chi connectivity index (χ2v) is 7.59. The van der Waals surface area contributed by atoms with Gasteiger partial charge in [0.25, 0.3) is 5.56 Å². The van der Waals surface area contributed by atoms with Crippen LogP contribution in [0.25, 0.3) is 11.4 Å². The van der Waals surface area contributed by atoms with E-state index in [1.165, 1.54) is 10.1 Å². The van der Waals surface area contributed by atoms with Crippen molar-refractivity contribution in [1.82, 2.24) is 14.9 Å². The van der Waals surface area contributed by atoms with Gasteiger partial charge in [0.15, 0.2) is 0 Å². The van der Waals surface area contributed by atoms with Crippen LogP contribution in [0, 0.1) is 6.92 Å². The number of aromatic nitrogens is 2. The van der Waals surface area contributed by atoms with Crippen molar-refractivity contribution < 1.29 is 9.90 Å². The summed E-state index contributed by atoms with van der Waals surface area (Å²) in [7, 11) is 0. The van der Waals surface area contributed by atoms with E-state index in [0.29, 0.717) is 17.1 Å². The van der Waals surface area contributed by atoms with E-state index in [-0.39, 0.29) is 37.1 Å². The zero-order chi connectivity index (χ0) is 21.1. The predicted molar refractivity (Wildman–Crippen MR) is 115 cm³/mol. The van der Waals surface area contributed by atoms with Crippen molar-refractivity contribution in [2.45, 2.75) is 38.8 Å². The quantitative estimate of drug-likeness (QED) is 0.663. The molecule has 1 unspecified atom stereocenters. The summed E-state index contributed by atoms with van der Waals surface area (Å²) in [5.41, 5.74) is 3.91. The van der Waals surface area contributed by atoms with Crippen LogP contribution in [-0.4, -0.2) is 27.2 Å². The molecule has 3 aromatic rings. The van der Waals surface area contributed by atoms with Crippen molar-refractivity contribution >= 4 is 5.91 Å². The summed E-state index contributed by atoms with van der Waals surface area (Å²) >= 11 is 0. The van der Waals surface area contributed by atoms with E-state index >= 15 is 0 Å². The van der Waals surface area contributed by atoms with E-state index in [1.807, 2.05) is 48.5 Å². The third-order valence-electron chi connectivity index (χ3n) is 5.63. The third kappa shape index (κ3) is 3.91. The standard InChI is InChI=1S/C24H25N3O3/c1-16-19(13-14-28)24(30)27(23(25-16)18-8-3-2-4-9-18)15-22(29)26-21-12-11-17-7-5-6-10-20(17)21/h2-10,21,28H,11-15H2,1H3,(H,26,29). The smallest absolute Gasteiger partial charge is 0.257 e. The lowest BCUT2D eigenvalue weighted by atomic mass is 10.1. The van der Waals surface area contributed by atoms with Gasteiger partial charge in [-0.2, -0.15) is 0 Å². The zero-order valence-electron chi connectivity index (χ0n) is 17.0. The lowest BCUT2D eigenvalue weighted by Crippen LogP contribution is -2.36. The first-order chi connectivity index (χ1) is 14.6. The molecule has 6 nitrogen and oxygen atoms in total. The van der Waals surface area contributed by atoms with E-state index in [0.717, 1.165) is 24.0 Å². The Balaban J connectivity index is 1.66. The molecule has 154 valence electrons. The van der Waals surface area contributed by atoms with Crippen molar-refractivity contribution in [2.24, 2.45) is 0 Å². The average Bonchev–Trinajstić information content (AvgIpc) is 3.16. The molecule has 0 radical (unpaired) electrons. The molecular formula is C24H25N3O3. The second kappa shape index (κ2) is 8.63. The lowest BCUT2D eigenvalue weighted by Gasteiger charge is -2.18. The Hall–Kier alpha value is -3.25. The molecule has 30 heavy (non-hydrogen) atoms. The molecule has 0 saturated carbocycles. The highest BCUT2D eigenvalue weighted by molar-refractivity contribution is 5.77. The minimum absolute atomic E-state index is 0.0418. The Morgan fingerprint density at radius 1 is 1.17 bits per heavy atom. The number of rotatable bonds is 6. The van der Waals surface area contributed by atoms with Gasteiger partial charge in [0.2, 0.25) is 5.91 Å². The maximum absolute atomic E-state index is 13.2. The Morgan fingerprint density at radius 2 is 1.90 bits per heavy atom. The average molecular weight is 403 g/mol. The topological polar surface area (TPSA) is 84.2 Å². The van der Waals surface area contributed by atoms with Gasteiger partial charge >= 0.3 is 0 Å². The van der Waals surface area contributed by atoms with E-state index in [1.54, 1.807) is 6.92 Å². The Morgan fingerprint density at radius 3 is 2.67 bits per heavy atom. The van der Waals surface area contributed by atoms with Crippen molar-refractivity contribution in [1.29, 1.82) is 0 Å². The highest BCUT2D eigenvalue weighted by Gasteiger charge is 2.24. The van der Waals surface area contributed by atoms with Crippen LogP contribution in [-0.2, 0) is 24.2 Å². The molecule has 4 rings (SSSR count). The summed E-state index contributed by atoms with van der Waals surface area (Å²) in [4.78, 5) is 30.7. The fourth-order valence-electron chi connectivity index (χ4n) is 4.15. The summed E-state index contributed by atoms with van der Waals surface area (Å²) in [6.07, 6.45) is 2.00. The van der Waals surface area contributed by atoms with Crippen molar-refractivity contribution in [3.05, 3.63) is 87.3 Å². The molecule has 0 spiro atoms. The van der Waals surface area contributed by atoms with Crippen molar-refractivity contribution in [3.8, 4) is 11.4 Å². The molecule has 2 aromatic carbocycles. The monoisotopic (exact) mass is 403 g/mol. The molecule has 0 bridgehead atoms. The number of hydrogen-bond donors (Lipinski definition) is 2. The molecule has 1 aliphatic rings. The van der Waals surface area contributed by atoms with Gasteiger partial charge in [-0.15, -0.1) is 0 Å². The SMILES string of the molecule is Cc1nc(-c2ccccc2)n(CC(=O)NC2CCc3ccccc32)c(=O)c1CCO. The normalized spacial score (nSPS) is 15.1. The van der Waals surface area contributed by atoms with Gasteiger partial charge in [-0.3, -0.25) is 14.2 Å². The molecule has 1 atom stereocenters. The van der Waals surface area contributed by atoms with Gasteiger partial charge in [-0.1, -0.05) is 54.6 Å². The number of carbonyl (C=O) groups is 1. The van der Waals surface area contributed by atoms with Crippen LogP contribution in [0.1, 0.15) is 34.8 Å². The number of hydrogen-bond acceptors (Lipinski definition) is 4. The summed E-state index contributed by atoms with van der Waals surface area (Å²) < 4.78 is 1.42. The van der Waals surface area contributed by atoms with E-state index in [9.17, 15) is 14.7 Å². The van der Waals surface area contributed by atoms with E-state index in [2.05, 4.69) is 16.4 Å². The minimum atomic E-state index is -0.280. The maximum atomic E-state index is 13.2. The highest BCUT2D eigenvalue weighted by atomic mass is 16.3. The van der Waals surface area contributed by atoms with Crippen LogP contribution in [0.15, 0.2) is 59.4 Å². The van der Waals surface area contributed by atoms with Crippen LogP contribution in [0.5, 0.6) is 0 Å². The van der Waals surface area contributed by atoms with Crippen LogP contribution in [0.3, 0.4) is 0 Å². The summed E-state index contributed by atoms with van der Waals surface area (Å²) in [5, 5.41) is 12.4. The van der Waals surface area contributed by atoms with Gasteiger partial charge in [0, 0.05) is 29.8 Å². The van der Waals surface area contributed by atoms with Crippen LogP contribution in [0.4, 0.5) is 0 Å². The molecule has 1 heterocycles. The number of aliphatic hydroxyl groups excluding tert-OH is 1. The minimum Gasteiger partial charge on any atom is -0.396 e. The third-order valence-corrected chi connectivity index (χ3v) is 5.63. The first-order valence-corrected chi connectivity index (χ1v) is 10.2. The van der Waals surface area contributed by atoms with Crippen molar-refractivity contribution in [2.75, 3.05) is 6.61 Å². The van der Waals surface area contributed by atoms with Crippen LogP contribution < -0.4 is 10.9 Å². The number of benzene rings is 2. The Kier molecular flexibility index (Phi) is 5.77. The summed E-state index contributed by atoms with van der Waals surface area (Å²) in [6, 6.07) is 17.5. The summed E-state index contributed by atoms with van der Waals surface area (Å²) in [5.74, 6) is 0.235.